The lowest BCUT2D eigenvalue weighted by Crippen LogP contribution is -2.45. The molecule has 3 atom stereocenters. The predicted octanol–water partition coefficient (Wildman–Crippen LogP) is 7.83. The number of halogens is 10. The van der Waals surface area contributed by atoms with Crippen LogP contribution in [-0.4, -0.2) is 51.6 Å². The maximum absolute atomic E-state index is 15.1. The van der Waals surface area contributed by atoms with Crippen LogP contribution in [0.15, 0.2) is 65.6 Å². The largest absolute Gasteiger partial charge is 0.459 e. The van der Waals surface area contributed by atoms with Gasteiger partial charge in [0.2, 0.25) is 0 Å². The van der Waals surface area contributed by atoms with Crippen molar-refractivity contribution in [3.05, 3.63) is 98.0 Å². The number of benzene rings is 3. The number of carbonyl (C=O) groups is 2. The number of carbonyl (C=O) groups excluding carboxylic acids is 2. The second-order valence-electron chi connectivity index (χ2n) is 9.02. The molecule has 248 valence electrons. The Hall–Kier alpha value is -3.44. The Bertz CT molecular complexity index is 1700. The van der Waals surface area contributed by atoms with E-state index >= 15 is 4.39 Å². The molecule has 0 aromatic heterocycles. The minimum Gasteiger partial charge on any atom is -0.459 e. The van der Waals surface area contributed by atoms with Crippen LogP contribution >= 0.6 is 34.8 Å². The van der Waals surface area contributed by atoms with E-state index in [9.17, 15) is 44.3 Å². The molecule has 46 heavy (non-hydrogen) atoms. The van der Waals surface area contributed by atoms with E-state index in [4.69, 9.17) is 53.9 Å². The summed E-state index contributed by atoms with van der Waals surface area (Å²) < 4.78 is 134. The van der Waals surface area contributed by atoms with Gasteiger partial charge in [-0.2, -0.15) is 34.8 Å². The summed E-state index contributed by atoms with van der Waals surface area (Å²) >= 11 is 17.6. The molecule has 0 saturated heterocycles. The Morgan fingerprint density at radius 3 is 1.70 bits per heavy atom. The summed E-state index contributed by atoms with van der Waals surface area (Å²) in [5.74, 6) is -2.86. The minimum atomic E-state index is -5.12. The van der Waals surface area contributed by atoms with Gasteiger partial charge in [0.25, 0.3) is 10.1 Å². The van der Waals surface area contributed by atoms with Gasteiger partial charge in [-0.25, -0.2) is 14.0 Å². The van der Waals surface area contributed by atoms with Gasteiger partial charge in [0.05, 0.1) is 37.3 Å². The van der Waals surface area contributed by atoms with Crippen LogP contribution < -0.4 is 0 Å². The van der Waals surface area contributed by atoms with Crippen molar-refractivity contribution in [1.29, 1.82) is 5.41 Å². The highest BCUT2D eigenvalue weighted by Gasteiger charge is 2.39. The van der Waals surface area contributed by atoms with Crippen LogP contribution in [0, 0.1) is 5.41 Å². The number of hydrogen-bond donors (Lipinski definition) is 1. The van der Waals surface area contributed by atoms with E-state index in [0.717, 1.165) is 24.3 Å². The third kappa shape index (κ3) is 9.31. The SMILES string of the molecule is N=C[C@@H](F)[C@H](OC(=O)c1ccc(C(F)(F)F)cc1)[C@@H](COC(=O)c1ccc(C(F)(F)F)cc1)OS(=O)(=O)c1cc(Cl)c(Cl)cc1Cl. The summed E-state index contributed by atoms with van der Waals surface area (Å²) in [4.78, 5) is 24.6. The molecule has 0 aliphatic carbocycles. The van der Waals surface area contributed by atoms with Crippen molar-refractivity contribution in [2.45, 2.75) is 35.6 Å². The number of hydrogen-bond acceptors (Lipinski definition) is 8. The standard InChI is InChI=1S/C27H17Cl3F7NO7S/c28-17-9-19(30)22(10-18(17)29)46(41,42)45-21(12-43-24(39)13-1-5-15(6-2-13)26(32,33)34)23(20(31)11-38)44-25(40)14-3-7-16(8-4-14)27(35,36)37/h1-11,20-21,23,38H,12H2/t20-,21-,23+/m1/s1. The van der Waals surface area contributed by atoms with Crippen LogP contribution in [0.2, 0.25) is 15.1 Å². The molecule has 0 saturated carbocycles. The second kappa shape index (κ2) is 14.5. The monoisotopic (exact) mass is 737 g/mol. The molecular formula is C27H17Cl3F7NO7S. The van der Waals surface area contributed by atoms with Crippen molar-refractivity contribution in [3.63, 3.8) is 0 Å². The first kappa shape index (κ1) is 37.0. The topological polar surface area (TPSA) is 120 Å². The van der Waals surface area contributed by atoms with Gasteiger partial charge in [-0.15, -0.1) is 0 Å². The predicted molar refractivity (Wildman–Crippen MR) is 150 cm³/mol. The summed E-state index contributed by atoms with van der Waals surface area (Å²) in [5.41, 5.74) is -3.30. The van der Waals surface area contributed by atoms with Crippen LogP contribution in [-0.2, 0) is 36.1 Å². The molecule has 0 aliphatic heterocycles. The summed E-state index contributed by atoms with van der Waals surface area (Å²) in [5, 5.41) is 6.26. The fourth-order valence-electron chi connectivity index (χ4n) is 3.55. The summed E-state index contributed by atoms with van der Waals surface area (Å²) in [7, 11) is -5.12. The van der Waals surface area contributed by atoms with Crippen LogP contribution in [0.25, 0.3) is 0 Å². The molecule has 1 N–H and O–H groups in total. The summed E-state index contributed by atoms with van der Waals surface area (Å²) in [6.45, 7) is -1.27. The van der Waals surface area contributed by atoms with Gasteiger partial charge in [0.15, 0.2) is 18.4 Å². The molecule has 0 aliphatic rings. The molecule has 0 spiro atoms. The molecular weight excluding hydrogens is 722 g/mol. The quantitative estimate of drug-likeness (QED) is 0.0700. The van der Waals surface area contributed by atoms with Gasteiger partial charge in [0, 0.05) is 6.21 Å². The molecule has 8 nitrogen and oxygen atoms in total. The third-order valence-electron chi connectivity index (χ3n) is 5.85. The highest BCUT2D eigenvalue weighted by atomic mass is 35.5. The third-order valence-corrected chi connectivity index (χ3v) is 8.38. The van der Waals surface area contributed by atoms with Crippen molar-refractivity contribution in [2.24, 2.45) is 0 Å². The number of nitrogens with one attached hydrogen (secondary N) is 1. The molecule has 19 heteroatoms. The minimum absolute atomic E-state index is 0.0531. The van der Waals surface area contributed by atoms with Crippen LogP contribution in [0.1, 0.15) is 31.8 Å². The maximum Gasteiger partial charge on any atom is 0.416 e. The molecule has 3 aromatic rings. The molecule has 0 fully saturated rings. The van der Waals surface area contributed by atoms with Gasteiger partial charge in [-0.05, 0) is 60.7 Å². The molecule has 0 radical (unpaired) electrons. The lowest BCUT2D eigenvalue weighted by atomic mass is 10.1. The van der Waals surface area contributed by atoms with Crippen LogP contribution in [0.3, 0.4) is 0 Å². The lowest BCUT2D eigenvalue weighted by Gasteiger charge is -2.27. The van der Waals surface area contributed by atoms with Crippen molar-refractivity contribution in [1.82, 2.24) is 0 Å². The average molecular weight is 739 g/mol. The molecule has 3 aromatic carbocycles. The number of rotatable bonds is 11. The van der Waals surface area contributed by atoms with E-state index in [2.05, 4.69) is 0 Å². The Balaban J connectivity index is 1.98. The lowest BCUT2D eigenvalue weighted by molar-refractivity contribution is -0.138. The molecule has 0 amide bonds. The Morgan fingerprint density at radius 1 is 0.783 bits per heavy atom. The van der Waals surface area contributed by atoms with E-state index in [1.54, 1.807) is 0 Å². The molecule has 0 heterocycles. The zero-order valence-electron chi connectivity index (χ0n) is 22.3. The number of esters is 2. The summed E-state index contributed by atoms with van der Waals surface area (Å²) in [6.07, 6.45) is -16.9. The van der Waals surface area contributed by atoms with Gasteiger partial charge < -0.3 is 14.9 Å². The fraction of sp³-hybridized carbons (Fsp3) is 0.222. The number of ether oxygens (including phenoxy) is 2. The number of alkyl halides is 7. The van der Waals surface area contributed by atoms with E-state index in [-0.39, 0.29) is 16.3 Å². The highest BCUT2D eigenvalue weighted by Crippen LogP contribution is 2.34. The first-order valence-corrected chi connectivity index (χ1v) is 14.7. The van der Waals surface area contributed by atoms with Crippen molar-refractivity contribution >= 4 is 63.1 Å². The molecule has 3 rings (SSSR count). The van der Waals surface area contributed by atoms with E-state index in [1.807, 2.05) is 0 Å². The van der Waals surface area contributed by atoms with E-state index in [0.29, 0.717) is 36.4 Å². The van der Waals surface area contributed by atoms with Crippen molar-refractivity contribution in [2.75, 3.05) is 6.61 Å². The zero-order valence-corrected chi connectivity index (χ0v) is 25.4. The first-order valence-electron chi connectivity index (χ1n) is 12.2. The fourth-order valence-corrected chi connectivity index (χ4v) is 5.60. The van der Waals surface area contributed by atoms with Gasteiger partial charge in [-0.3, -0.25) is 4.18 Å². The van der Waals surface area contributed by atoms with Crippen molar-refractivity contribution in [3.8, 4) is 0 Å². The maximum atomic E-state index is 15.1. The first-order chi connectivity index (χ1) is 21.2. The Morgan fingerprint density at radius 2 is 1.24 bits per heavy atom. The van der Waals surface area contributed by atoms with Gasteiger partial charge in [-0.1, -0.05) is 34.8 Å². The molecule has 0 unspecified atom stereocenters. The smallest absolute Gasteiger partial charge is 0.416 e. The van der Waals surface area contributed by atoms with Gasteiger partial charge in [0.1, 0.15) is 11.5 Å². The van der Waals surface area contributed by atoms with Crippen molar-refractivity contribution < 1.29 is 62.4 Å². The van der Waals surface area contributed by atoms with E-state index < -0.39 is 91.6 Å². The van der Waals surface area contributed by atoms with Crippen LogP contribution in [0.5, 0.6) is 0 Å². The summed E-state index contributed by atoms with van der Waals surface area (Å²) in [6, 6.07) is 6.57. The Kier molecular flexibility index (Phi) is 11.7. The average Bonchev–Trinajstić information content (AvgIpc) is 2.98. The molecule has 0 bridgehead atoms. The second-order valence-corrected chi connectivity index (χ2v) is 11.8. The highest BCUT2D eigenvalue weighted by molar-refractivity contribution is 7.87. The zero-order chi connectivity index (χ0) is 34.6. The van der Waals surface area contributed by atoms with Crippen LogP contribution in [0.4, 0.5) is 30.7 Å². The normalized spacial score (nSPS) is 14.2. The Labute approximate surface area is 270 Å². The van der Waals surface area contributed by atoms with Gasteiger partial charge >= 0.3 is 24.3 Å². The van der Waals surface area contributed by atoms with E-state index in [1.165, 1.54) is 0 Å².